The van der Waals surface area contributed by atoms with E-state index in [1.165, 1.54) is 50.5 Å². The molecule has 0 radical (unpaired) electrons. The third-order valence-electron chi connectivity index (χ3n) is 9.43. The molecule has 2 aromatic rings. The molecule has 9 heteroatoms. The van der Waals surface area contributed by atoms with Crippen LogP contribution in [0, 0.1) is 17.8 Å². The number of carbonyl (C=O) groups is 1. The second-order valence-electron chi connectivity index (χ2n) is 12.1. The molecule has 0 bridgehead atoms. The van der Waals surface area contributed by atoms with Crippen molar-refractivity contribution in [2.24, 2.45) is 17.8 Å². The van der Waals surface area contributed by atoms with Crippen LogP contribution in [0.4, 0.5) is 11.5 Å². The van der Waals surface area contributed by atoms with E-state index in [0.29, 0.717) is 30.9 Å². The highest BCUT2D eigenvalue weighted by molar-refractivity contribution is 5.85. The van der Waals surface area contributed by atoms with Gasteiger partial charge in [0.15, 0.2) is 12.1 Å². The summed E-state index contributed by atoms with van der Waals surface area (Å²) in [5, 5.41) is 11.9. The van der Waals surface area contributed by atoms with E-state index in [0.717, 1.165) is 24.7 Å². The molecule has 210 valence electrons. The molecule has 2 aliphatic carbocycles. The third kappa shape index (κ3) is 5.36. The van der Waals surface area contributed by atoms with Crippen LogP contribution >= 0.6 is 0 Å². The first kappa shape index (κ1) is 26.5. The summed E-state index contributed by atoms with van der Waals surface area (Å²) < 4.78 is 6.03. The van der Waals surface area contributed by atoms with E-state index < -0.39 is 5.97 Å². The van der Waals surface area contributed by atoms with Crippen molar-refractivity contribution in [3.63, 3.8) is 0 Å². The summed E-state index contributed by atoms with van der Waals surface area (Å²) in [5.41, 5.74) is 5.96. The monoisotopic (exact) mass is 534 g/mol. The zero-order valence-corrected chi connectivity index (χ0v) is 23.2. The second-order valence-corrected chi connectivity index (χ2v) is 12.1. The van der Waals surface area contributed by atoms with Crippen LogP contribution in [0.25, 0.3) is 0 Å². The summed E-state index contributed by atoms with van der Waals surface area (Å²) >= 11 is 0. The van der Waals surface area contributed by atoms with Crippen LogP contribution in [0.15, 0.2) is 36.5 Å². The number of ether oxygens (including phenoxy) is 1. The van der Waals surface area contributed by atoms with Crippen LogP contribution < -0.4 is 15.3 Å². The van der Waals surface area contributed by atoms with Gasteiger partial charge in [-0.25, -0.2) is 20.2 Å². The van der Waals surface area contributed by atoms with E-state index in [9.17, 15) is 9.90 Å². The molecule has 2 saturated carbocycles. The maximum Gasteiger partial charge on any atom is 0.374 e. The number of hydrogen-bond acceptors (Lipinski definition) is 8. The van der Waals surface area contributed by atoms with Gasteiger partial charge in [-0.3, -0.25) is 9.91 Å². The molecule has 1 aromatic carbocycles. The van der Waals surface area contributed by atoms with E-state index >= 15 is 0 Å². The number of carboxylic acid groups (broad SMARTS) is 1. The topological polar surface area (TPSA) is 94.1 Å². The average Bonchev–Trinajstić information content (AvgIpc) is 3.21. The van der Waals surface area contributed by atoms with Gasteiger partial charge in [-0.2, -0.15) is 0 Å². The fraction of sp³-hybridized carbons (Fsp3) is 0.633. The van der Waals surface area contributed by atoms with Crippen molar-refractivity contribution in [1.82, 2.24) is 20.3 Å². The molecule has 39 heavy (non-hydrogen) atoms. The van der Waals surface area contributed by atoms with Gasteiger partial charge in [0.25, 0.3) is 0 Å². The van der Waals surface area contributed by atoms with Crippen molar-refractivity contribution in [1.29, 1.82) is 0 Å². The van der Waals surface area contributed by atoms with Crippen molar-refractivity contribution in [2.75, 3.05) is 36.2 Å². The molecule has 1 aromatic heterocycles. The quantitative estimate of drug-likeness (QED) is 0.501. The number of carboxylic acids is 1. The Morgan fingerprint density at radius 3 is 2.62 bits per heavy atom. The summed E-state index contributed by atoms with van der Waals surface area (Å²) in [5.74, 6) is 1.38. The van der Waals surface area contributed by atoms with Crippen molar-refractivity contribution in [3.8, 4) is 0 Å². The summed E-state index contributed by atoms with van der Waals surface area (Å²) in [6, 6.07) is 10.9. The van der Waals surface area contributed by atoms with E-state index in [4.69, 9.17) is 4.74 Å². The first-order valence-corrected chi connectivity index (χ1v) is 14.8. The zero-order chi connectivity index (χ0) is 26.9. The highest BCUT2D eigenvalue weighted by Crippen LogP contribution is 2.43. The lowest BCUT2D eigenvalue weighted by molar-refractivity contribution is -0.0335. The molecule has 2 unspecified atom stereocenters. The Morgan fingerprint density at radius 1 is 1.15 bits per heavy atom. The average molecular weight is 535 g/mol. The fourth-order valence-corrected chi connectivity index (χ4v) is 6.78. The number of fused-ring (bicyclic) bond motifs is 1. The van der Waals surface area contributed by atoms with Crippen LogP contribution in [0.2, 0.25) is 0 Å². The van der Waals surface area contributed by atoms with E-state index in [1.807, 2.05) is 0 Å². The van der Waals surface area contributed by atoms with Crippen molar-refractivity contribution < 1.29 is 14.6 Å². The van der Waals surface area contributed by atoms with Crippen LogP contribution in [0.3, 0.4) is 0 Å². The lowest BCUT2D eigenvalue weighted by Crippen LogP contribution is -2.64. The molecule has 4 aliphatic rings. The zero-order valence-electron chi connectivity index (χ0n) is 23.2. The molecule has 2 N–H and O–H groups in total. The number of nitrogens with one attached hydrogen (secondary N) is 1. The molecule has 3 fully saturated rings. The summed E-state index contributed by atoms with van der Waals surface area (Å²) in [6.07, 6.45) is 10.2. The Labute approximate surface area is 231 Å². The largest absolute Gasteiger partial charge is 0.475 e. The Bertz CT molecular complexity index is 1140. The van der Waals surface area contributed by atoms with Gasteiger partial charge in [0, 0.05) is 19.1 Å². The van der Waals surface area contributed by atoms with Crippen molar-refractivity contribution in [3.05, 3.63) is 47.9 Å². The normalized spacial score (nSPS) is 28.7. The molecule has 0 spiro atoms. The van der Waals surface area contributed by atoms with Crippen LogP contribution in [0.1, 0.15) is 81.0 Å². The number of rotatable bonds is 8. The Hall–Kier alpha value is -2.75. The lowest BCUT2D eigenvalue weighted by atomic mass is 9.81. The molecule has 2 aliphatic heterocycles. The molecule has 9 nitrogen and oxygen atoms in total. The molecule has 0 amide bonds. The minimum Gasteiger partial charge on any atom is -0.475 e. The standard InChI is InChI=1S/C30H42N6O3/c1-20-11-13-22(14-12-20)18-35-25-17-31-27(29(37)38)32-28(25)36(33-21(2)23-9-6-10-23)30(35)34-15-16-39-19-26(34)24-7-4-3-5-8-24/h3-5,7-8,17,20-23,26,30,33H,6,9-16,18-19H2,1-2H3,(H,37,38)/t20?,21?,22?,26-,30?/m0/s1. The van der Waals surface area contributed by atoms with Gasteiger partial charge in [-0.1, -0.05) is 56.5 Å². The fourth-order valence-electron chi connectivity index (χ4n) is 6.78. The van der Waals surface area contributed by atoms with Gasteiger partial charge in [-0.05, 0) is 55.9 Å². The first-order valence-electron chi connectivity index (χ1n) is 14.8. The lowest BCUT2D eigenvalue weighted by Gasteiger charge is -2.48. The van der Waals surface area contributed by atoms with E-state index in [1.54, 1.807) is 6.20 Å². The highest BCUT2D eigenvalue weighted by Gasteiger charge is 2.47. The third-order valence-corrected chi connectivity index (χ3v) is 9.43. The predicted molar refractivity (Wildman–Crippen MR) is 150 cm³/mol. The number of hydrogen-bond donors (Lipinski definition) is 2. The Balaban J connectivity index is 1.41. The van der Waals surface area contributed by atoms with Crippen LogP contribution in [0.5, 0.6) is 0 Å². The van der Waals surface area contributed by atoms with Crippen LogP contribution in [-0.2, 0) is 4.74 Å². The second kappa shape index (κ2) is 11.4. The molecule has 1 saturated heterocycles. The van der Waals surface area contributed by atoms with Gasteiger partial charge in [0.05, 0.1) is 25.5 Å². The molecule has 3 atom stereocenters. The Morgan fingerprint density at radius 2 is 1.92 bits per heavy atom. The molecular formula is C30H42N6O3. The minimum atomic E-state index is -1.10. The van der Waals surface area contributed by atoms with Gasteiger partial charge >= 0.3 is 5.97 Å². The van der Waals surface area contributed by atoms with Crippen molar-refractivity contribution >= 4 is 17.5 Å². The SMILES string of the molecule is CC1CCC(CN2c3cnc(C(=O)O)nc3N(NC(C)C3CCC3)C2N2CCOC[C@H]2c2ccccc2)CC1. The maximum atomic E-state index is 11.9. The van der Waals surface area contributed by atoms with Gasteiger partial charge in [0.1, 0.15) is 5.69 Å². The molecular weight excluding hydrogens is 492 g/mol. The van der Waals surface area contributed by atoms with E-state index in [-0.39, 0.29) is 24.2 Å². The number of aromatic nitrogens is 2. The summed E-state index contributed by atoms with van der Waals surface area (Å²) in [4.78, 5) is 25.8. The molecule has 3 heterocycles. The molecule has 6 rings (SSSR count). The number of hydrazine groups is 1. The van der Waals surface area contributed by atoms with Crippen molar-refractivity contribution in [2.45, 2.75) is 77.2 Å². The number of morpholine rings is 1. The van der Waals surface area contributed by atoms with Crippen LogP contribution in [-0.4, -0.2) is 64.6 Å². The summed E-state index contributed by atoms with van der Waals surface area (Å²) in [6.45, 7) is 7.55. The van der Waals surface area contributed by atoms with E-state index in [2.05, 4.69) is 74.4 Å². The highest BCUT2D eigenvalue weighted by atomic mass is 16.5. The Kier molecular flexibility index (Phi) is 7.73. The first-order chi connectivity index (χ1) is 19.0. The van der Waals surface area contributed by atoms with Gasteiger partial charge in [-0.15, -0.1) is 0 Å². The number of aromatic carboxylic acids is 1. The maximum absolute atomic E-state index is 11.9. The number of anilines is 2. The number of nitrogens with zero attached hydrogens (tertiary/aromatic N) is 5. The summed E-state index contributed by atoms with van der Waals surface area (Å²) in [7, 11) is 0. The van der Waals surface area contributed by atoms with Gasteiger partial charge < -0.3 is 14.7 Å². The predicted octanol–water partition coefficient (Wildman–Crippen LogP) is 4.68. The van der Waals surface area contributed by atoms with Gasteiger partial charge in [0.2, 0.25) is 5.82 Å². The smallest absolute Gasteiger partial charge is 0.374 e. The number of benzene rings is 1. The minimum absolute atomic E-state index is 0.0725.